The molecular weight excluding hydrogens is 162 g/mol. The fourth-order valence-corrected chi connectivity index (χ4v) is 2.04. The van der Waals surface area contributed by atoms with Crippen molar-refractivity contribution in [3.63, 3.8) is 0 Å². The maximum atomic E-state index is 9.41. The summed E-state index contributed by atoms with van der Waals surface area (Å²) in [7, 11) is 0. The Morgan fingerprint density at radius 2 is 2.08 bits per heavy atom. The molecule has 1 unspecified atom stereocenters. The van der Waals surface area contributed by atoms with E-state index >= 15 is 0 Å². The van der Waals surface area contributed by atoms with E-state index in [0.717, 1.165) is 19.4 Å². The van der Waals surface area contributed by atoms with Gasteiger partial charge in [-0.2, -0.15) is 0 Å². The van der Waals surface area contributed by atoms with E-state index in [1.54, 1.807) is 0 Å². The smallest absolute Gasteiger partial charge is 0.0669 e. The van der Waals surface area contributed by atoms with Crippen molar-refractivity contribution >= 4 is 0 Å². The molecule has 0 bridgehead atoms. The Hall–Kier alpha value is -0.860. The first-order valence-electron chi connectivity index (χ1n) is 4.79. The molecule has 2 N–H and O–H groups in total. The van der Waals surface area contributed by atoms with Gasteiger partial charge in [0.05, 0.1) is 12.1 Å². The van der Waals surface area contributed by atoms with Crippen LogP contribution in [0.25, 0.3) is 0 Å². The van der Waals surface area contributed by atoms with Crippen LogP contribution in [0.3, 0.4) is 0 Å². The van der Waals surface area contributed by atoms with Gasteiger partial charge in [-0.15, -0.1) is 0 Å². The first-order valence-corrected chi connectivity index (χ1v) is 4.79. The van der Waals surface area contributed by atoms with E-state index in [-0.39, 0.29) is 12.1 Å². The van der Waals surface area contributed by atoms with Crippen LogP contribution in [-0.4, -0.2) is 18.3 Å². The third kappa shape index (κ3) is 1.47. The zero-order chi connectivity index (χ0) is 9.15. The van der Waals surface area contributed by atoms with E-state index in [4.69, 9.17) is 0 Å². The number of nitrogens with one attached hydrogen (secondary N) is 1. The van der Waals surface area contributed by atoms with E-state index < -0.39 is 0 Å². The minimum absolute atomic E-state index is 0.165. The Labute approximate surface area is 78.6 Å². The molecule has 2 heteroatoms. The number of hydrogen-bond donors (Lipinski definition) is 2. The molecule has 1 fully saturated rings. The van der Waals surface area contributed by atoms with Gasteiger partial charge < -0.3 is 10.4 Å². The van der Waals surface area contributed by atoms with Gasteiger partial charge in [0.15, 0.2) is 0 Å². The highest BCUT2D eigenvalue weighted by molar-refractivity contribution is 5.25. The molecule has 0 saturated carbocycles. The lowest BCUT2D eigenvalue weighted by Gasteiger charge is -2.27. The van der Waals surface area contributed by atoms with Crippen LogP contribution in [0.1, 0.15) is 18.4 Å². The average molecular weight is 177 g/mol. The van der Waals surface area contributed by atoms with Crippen molar-refractivity contribution in [1.29, 1.82) is 0 Å². The van der Waals surface area contributed by atoms with Crippen LogP contribution in [0, 0.1) is 0 Å². The first kappa shape index (κ1) is 8.73. The molecule has 2 rings (SSSR count). The lowest BCUT2D eigenvalue weighted by Crippen LogP contribution is -2.40. The van der Waals surface area contributed by atoms with Gasteiger partial charge in [-0.25, -0.2) is 0 Å². The Bertz CT molecular complexity index is 265. The molecule has 0 aliphatic carbocycles. The van der Waals surface area contributed by atoms with Crippen LogP contribution in [-0.2, 0) is 5.54 Å². The molecule has 1 aromatic rings. The summed E-state index contributed by atoms with van der Waals surface area (Å²) in [6, 6.07) is 10.2. The van der Waals surface area contributed by atoms with Gasteiger partial charge in [0.2, 0.25) is 0 Å². The zero-order valence-electron chi connectivity index (χ0n) is 7.66. The summed E-state index contributed by atoms with van der Waals surface area (Å²) in [6.45, 7) is 1.20. The van der Waals surface area contributed by atoms with Crippen LogP contribution >= 0.6 is 0 Å². The number of aliphatic hydroxyl groups is 1. The Morgan fingerprint density at radius 1 is 1.31 bits per heavy atom. The van der Waals surface area contributed by atoms with Gasteiger partial charge in [-0.3, -0.25) is 0 Å². The van der Waals surface area contributed by atoms with Crippen molar-refractivity contribution in [1.82, 2.24) is 5.32 Å². The molecule has 70 valence electrons. The standard InChI is InChI=1S/C11H15NO/c13-9-11(7-4-8-12-11)10-5-2-1-3-6-10/h1-3,5-6,12-13H,4,7-9H2. The minimum atomic E-state index is -0.165. The fourth-order valence-electron chi connectivity index (χ4n) is 2.04. The van der Waals surface area contributed by atoms with E-state index in [1.165, 1.54) is 5.56 Å². The summed E-state index contributed by atoms with van der Waals surface area (Å²) in [6.07, 6.45) is 2.18. The van der Waals surface area contributed by atoms with E-state index in [1.807, 2.05) is 18.2 Å². The normalized spacial score (nSPS) is 27.8. The summed E-state index contributed by atoms with van der Waals surface area (Å²) < 4.78 is 0. The van der Waals surface area contributed by atoms with Crippen LogP contribution in [0.5, 0.6) is 0 Å². The van der Waals surface area contributed by atoms with Crippen molar-refractivity contribution in [2.45, 2.75) is 18.4 Å². The SMILES string of the molecule is OCC1(c2ccccc2)CCCN1. The fraction of sp³-hybridized carbons (Fsp3) is 0.455. The molecule has 1 aliphatic heterocycles. The van der Waals surface area contributed by atoms with Crippen molar-refractivity contribution in [3.8, 4) is 0 Å². The highest BCUT2D eigenvalue weighted by Gasteiger charge is 2.33. The molecule has 0 aromatic heterocycles. The first-order chi connectivity index (χ1) is 6.37. The zero-order valence-corrected chi connectivity index (χ0v) is 7.66. The summed E-state index contributed by atoms with van der Waals surface area (Å²) >= 11 is 0. The quantitative estimate of drug-likeness (QED) is 0.712. The van der Waals surface area contributed by atoms with E-state index in [9.17, 15) is 5.11 Å². The van der Waals surface area contributed by atoms with Crippen LogP contribution < -0.4 is 5.32 Å². The van der Waals surface area contributed by atoms with Crippen molar-refractivity contribution in [2.24, 2.45) is 0 Å². The molecular formula is C11H15NO. The molecule has 1 saturated heterocycles. The Morgan fingerprint density at radius 3 is 2.62 bits per heavy atom. The summed E-state index contributed by atoms with van der Waals surface area (Å²) in [5.74, 6) is 0. The second kappa shape index (κ2) is 3.48. The largest absolute Gasteiger partial charge is 0.394 e. The monoisotopic (exact) mass is 177 g/mol. The van der Waals surface area contributed by atoms with Gasteiger partial charge >= 0.3 is 0 Å². The lowest BCUT2D eigenvalue weighted by molar-refractivity contribution is 0.178. The Balaban J connectivity index is 2.31. The van der Waals surface area contributed by atoms with Crippen LogP contribution in [0.4, 0.5) is 0 Å². The van der Waals surface area contributed by atoms with Gasteiger partial charge in [-0.05, 0) is 24.9 Å². The van der Waals surface area contributed by atoms with Crippen molar-refractivity contribution in [2.75, 3.05) is 13.2 Å². The van der Waals surface area contributed by atoms with Crippen LogP contribution in [0.15, 0.2) is 30.3 Å². The number of benzene rings is 1. The van der Waals surface area contributed by atoms with Gasteiger partial charge in [0, 0.05) is 0 Å². The third-order valence-electron chi connectivity index (χ3n) is 2.84. The van der Waals surface area contributed by atoms with E-state index in [2.05, 4.69) is 17.4 Å². The summed E-state index contributed by atoms with van der Waals surface area (Å²) in [5, 5.41) is 12.8. The molecule has 1 aromatic carbocycles. The highest BCUT2D eigenvalue weighted by Crippen LogP contribution is 2.29. The van der Waals surface area contributed by atoms with Crippen molar-refractivity contribution < 1.29 is 5.11 Å². The third-order valence-corrected chi connectivity index (χ3v) is 2.84. The molecule has 1 heterocycles. The summed E-state index contributed by atoms with van der Waals surface area (Å²) in [4.78, 5) is 0. The molecule has 0 spiro atoms. The Kier molecular flexibility index (Phi) is 2.34. The second-order valence-corrected chi connectivity index (χ2v) is 3.64. The number of rotatable bonds is 2. The lowest BCUT2D eigenvalue weighted by atomic mass is 9.89. The predicted molar refractivity (Wildman–Crippen MR) is 52.4 cm³/mol. The predicted octanol–water partition coefficient (Wildman–Crippen LogP) is 1.26. The molecule has 13 heavy (non-hydrogen) atoms. The highest BCUT2D eigenvalue weighted by atomic mass is 16.3. The molecule has 1 atom stereocenters. The van der Waals surface area contributed by atoms with Crippen LogP contribution in [0.2, 0.25) is 0 Å². The van der Waals surface area contributed by atoms with Crippen molar-refractivity contribution in [3.05, 3.63) is 35.9 Å². The topological polar surface area (TPSA) is 32.3 Å². The molecule has 0 amide bonds. The molecule has 0 radical (unpaired) electrons. The van der Waals surface area contributed by atoms with E-state index in [0.29, 0.717) is 0 Å². The van der Waals surface area contributed by atoms with Gasteiger partial charge in [0.25, 0.3) is 0 Å². The second-order valence-electron chi connectivity index (χ2n) is 3.64. The maximum Gasteiger partial charge on any atom is 0.0669 e. The molecule has 1 aliphatic rings. The summed E-state index contributed by atoms with van der Waals surface area (Å²) in [5.41, 5.74) is 1.04. The maximum absolute atomic E-state index is 9.41. The number of hydrogen-bond acceptors (Lipinski definition) is 2. The minimum Gasteiger partial charge on any atom is -0.394 e. The average Bonchev–Trinajstić information content (AvgIpc) is 2.69. The number of aliphatic hydroxyl groups excluding tert-OH is 1. The molecule has 2 nitrogen and oxygen atoms in total. The van der Waals surface area contributed by atoms with Gasteiger partial charge in [-0.1, -0.05) is 30.3 Å². The van der Waals surface area contributed by atoms with Gasteiger partial charge in [0.1, 0.15) is 0 Å².